The first kappa shape index (κ1) is 18.2. The standard InChI is InChI=1S/C19H18N4O4/c1-13-5-7-16(8-6-13)22-12-15(10-18(22)24)19(25)21-20-11-14-3-2-4-17(9-14)23(26)27/h2-9,11,15H,10,12H2,1H3,(H,21,25)/b20-11-/t15-/m1/s1. The van der Waals surface area contributed by atoms with Crippen LogP contribution in [0.5, 0.6) is 0 Å². The lowest BCUT2D eigenvalue weighted by Gasteiger charge is -2.16. The molecule has 0 spiro atoms. The van der Waals surface area contributed by atoms with Gasteiger partial charge in [0.05, 0.1) is 17.1 Å². The van der Waals surface area contributed by atoms with E-state index in [9.17, 15) is 19.7 Å². The Morgan fingerprint density at radius 3 is 2.74 bits per heavy atom. The molecular weight excluding hydrogens is 348 g/mol. The van der Waals surface area contributed by atoms with E-state index < -0.39 is 10.8 Å². The number of nitrogens with zero attached hydrogens (tertiary/aromatic N) is 3. The van der Waals surface area contributed by atoms with E-state index in [-0.39, 0.29) is 23.9 Å². The summed E-state index contributed by atoms with van der Waals surface area (Å²) in [5.41, 5.74) is 4.70. The normalized spacial score (nSPS) is 16.7. The van der Waals surface area contributed by atoms with Crippen LogP contribution < -0.4 is 10.3 Å². The lowest BCUT2D eigenvalue weighted by Crippen LogP contribution is -2.30. The summed E-state index contributed by atoms with van der Waals surface area (Å²) in [5.74, 6) is -0.970. The van der Waals surface area contributed by atoms with Crippen molar-refractivity contribution >= 4 is 29.4 Å². The summed E-state index contributed by atoms with van der Waals surface area (Å²) in [6.07, 6.45) is 1.45. The summed E-state index contributed by atoms with van der Waals surface area (Å²) >= 11 is 0. The van der Waals surface area contributed by atoms with Gasteiger partial charge in [-0.3, -0.25) is 19.7 Å². The van der Waals surface area contributed by atoms with Gasteiger partial charge in [-0.15, -0.1) is 0 Å². The van der Waals surface area contributed by atoms with Gasteiger partial charge < -0.3 is 4.90 Å². The van der Waals surface area contributed by atoms with Gasteiger partial charge in [0.2, 0.25) is 11.8 Å². The number of hydrazone groups is 1. The molecule has 1 fully saturated rings. The van der Waals surface area contributed by atoms with Crippen LogP contribution in [0.4, 0.5) is 11.4 Å². The van der Waals surface area contributed by atoms with Gasteiger partial charge in [0.15, 0.2) is 0 Å². The second-order valence-electron chi connectivity index (χ2n) is 6.33. The van der Waals surface area contributed by atoms with E-state index in [0.29, 0.717) is 12.1 Å². The molecule has 2 aromatic carbocycles. The van der Waals surface area contributed by atoms with Crippen molar-refractivity contribution in [3.05, 3.63) is 69.8 Å². The Kier molecular flexibility index (Phi) is 5.25. The van der Waals surface area contributed by atoms with E-state index in [1.165, 1.54) is 24.4 Å². The number of carbonyl (C=O) groups is 2. The minimum absolute atomic E-state index is 0.0552. The highest BCUT2D eigenvalue weighted by Gasteiger charge is 2.35. The number of carbonyl (C=O) groups excluding carboxylic acids is 2. The van der Waals surface area contributed by atoms with Crippen molar-refractivity contribution in [1.82, 2.24) is 5.43 Å². The number of hydrogen-bond donors (Lipinski definition) is 1. The Bertz CT molecular complexity index is 908. The lowest BCUT2D eigenvalue weighted by molar-refractivity contribution is -0.384. The molecule has 1 aliphatic heterocycles. The third-order valence-corrected chi connectivity index (χ3v) is 4.31. The molecule has 0 saturated carbocycles. The molecule has 0 radical (unpaired) electrons. The van der Waals surface area contributed by atoms with Crippen LogP contribution in [0.25, 0.3) is 0 Å². The molecule has 0 aromatic heterocycles. The SMILES string of the molecule is Cc1ccc(N2C[C@H](C(=O)N/N=C\c3cccc([N+](=O)[O-])c3)CC2=O)cc1. The zero-order chi connectivity index (χ0) is 19.4. The maximum Gasteiger partial charge on any atom is 0.270 e. The number of aryl methyl sites for hydroxylation is 1. The van der Waals surface area contributed by atoms with Gasteiger partial charge in [0, 0.05) is 36.3 Å². The van der Waals surface area contributed by atoms with Crippen LogP contribution in [0.15, 0.2) is 53.6 Å². The summed E-state index contributed by atoms with van der Waals surface area (Å²) in [6.45, 7) is 2.26. The minimum Gasteiger partial charge on any atom is -0.312 e. The van der Waals surface area contributed by atoms with Crippen LogP contribution >= 0.6 is 0 Å². The smallest absolute Gasteiger partial charge is 0.270 e. The number of rotatable bonds is 5. The van der Waals surface area contributed by atoms with Crippen molar-refractivity contribution in [2.24, 2.45) is 11.0 Å². The number of non-ortho nitro benzene ring substituents is 1. The summed E-state index contributed by atoms with van der Waals surface area (Å²) in [4.78, 5) is 36.3. The van der Waals surface area contributed by atoms with Crippen molar-refractivity contribution in [3.8, 4) is 0 Å². The molecule has 8 nitrogen and oxygen atoms in total. The van der Waals surface area contributed by atoms with Crippen LogP contribution in [0.1, 0.15) is 17.5 Å². The van der Waals surface area contributed by atoms with Gasteiger partial charge in [0.25, 0.3) is 5.69 Å². The van der Waals surface area contributed by atoms with E-state index in [0.717, 1.165) is 11.3 Å². The fourth-order valence-electron chi connectivity index (χ4n) is 2.84. The van der Waals surface area contributed by atoms with Crippen LogP contribution in [0.2, 0.25) is 0 Å². The summed E-state index contributed by atoms with van der Waals surface area (Å²) in [7, 11) is 0. The predicted molar refractivity (Wildman–Crippen MR) is 100 cm³/mol. The highest BCUT2D eigenvalue weighted by molar-refractivity contribution is 6.00. The Morgan fingerprint density at radius 2 is 2.04 bits per heavy atom. The van der Waals surface area contributed by atoms with Gasteiger partial charge >= 0.3 is 0 Å². The maximum absolute atomic E-state index is 12.3. The van der Waals surface area contributed by atoms with E-state index >= 15 is 0 Å². The van der Waals surface area contributed by atoms with E-state index in [4.69, 9.17) is 0 Å². The third kappa shape index (κ3) is 4.35. The molecule has 1 aliphatic rings. The fraction of sp³-hybridized carbons (Fsp3) is 0.211. The molecule has 3 rings (SSSR count). The first-order chi connectivity index (χ1) is 12.9. The molecule has 1 N–H and O–H groups in total. The van der Waals surface area contributed by atoms with Crippen molar-refractivity contribution < 1.29 is 14.5 Å². The number of nitro benzene ring substituents is 1. The summed E-state index contributed by atoms with van der Waals surface area (Å²) < 4.78 is 0. The largest absolute Gasteiger partial charge is 0.312 e. The third-order valence-electron chi connectivity index (χ3n) is 4.31. The lowest BCUT2D eigenvalue weighted by atomic mass is 10.1. The second-order valence-corrected chi connectivity index (χ2v) is 6.33. The van der Waals surface area contributed by atoms with Crippen molar-refractivity contribution in [2.75, 3.05) is 11.4 Å². The molecule has 0 unspecified atom stereocenters. The number of benzene rings is 2. The highest BCUT2D eigenvalue weighted by Crippen LogP contribution is 2.25. The molecular formula is C19H18N4O4. The molecule has 0 aliphatic carbocycles. The summed E-state index contributed by atoms with van der Waals surface area (Å²) in [5, 5.41) is 14.6. The van der Waals surface area contributed by atoms with Crippen LogP contribution in [-0.2, 0) is 9.59 Å². The number of nitrogens with one attached hydrogen (secondary N) is 1. The topological polar surface area (TPSA) is 105 Å². The molecule has 2 amide bonds. The Balaban J connectivity index is 1.60. The van der Waals surface area contributed by atoms with Gasteiger partial charge in [-0.25, -0.2) is 5.43 Å². The van der Waals surface area contributed by atoms with Crippen molar-refractivity contribution in [3.63, 3.8) is 0 Å². The van der Waals surface area contributed by atoms with Crippen LogP contribution in [0.3, 0.4) is 0 Å². The number of nitro groups is 1. The molecule has 1 atom stereocenters. The van der Waals surface area contributed by atoms with Crippen molar-refractivity contribution in [2.45, 2.75) is 13.3 Å². The van der Waals surface area contributed by atoms with Crippen molar-refractivity contribution in [1.29, 1.82) is 0 Å². The van der Waals surface area contributed by atoms with E-state index in [2.05, 4.69) is 10.5 Å². The monoisotopic (exact) mass is 366 g/mol. The molecule has 8 heteroatoms. The van der Waals surface area contributed by atoms with Gasteiger partial charge in [0.1, 0.15) is 0 Å². The molecule has 27 heavy (non-hydrogen) atoms. The molecule has 1 heterocycles. The fourth-order valence-corrected chi connectivity index (χ4v) is 2.84. The maximum atomic E-state index is 12.3. The van der Waals surface area contributed by atoms with Gasteiger partial charge in [-0.1, -0.05) is 29.8 Å². The Hall–Kier alpha value is -3.55. The van der Waals surface area contributed by atoms with E-state index in [1.54, 1.807) is 11.0 Å². The predicted octanol–water partition coefficient (Wildman–Crippen LogP) is 2.41. The Morgan fingerprint density at radius 1 is 1.30 bits per heavy atom. The molecule has 2 aromatic rings. The molecule has 1 saturated heterocycles. The average Bonchev–Trinajstić information content (AvgIpc) is 3.04. The quantitative estimate of drug-likeness (QED) is 0.498. The van der Waals surface area contributed by atoms with Crippen LogP contribution in [-0.4, -0.2) is 29.5 Å². The van der Waals surface area contributed by atoms with Gasteiger partial charge in [-0.2, -0.15) is 5.10 Å². The average molecular weight is 366 g/mol. The van der Waals surface area contributed by atoms with Gasteiger partial charge in [-0.05, 0) is 19.1 Å². The zero-order valence-corrected chi connectivity index (χ0v) is 14.7. The first-order valence-electron chi connectivity index (χ1n) is 8.38. The number of hydrogen-bond acceptors (Lipinski definition) is 5. The zero-order valence-electron chi connectivity index (χ0n) is 14.7. The van der Waals surface area contributed by atoms with E-state index in [1.807, 2.05) is 31.2 Å². The Labute approximate surface area is 155 Å². The molecule has 0 bridgehead atoms. The molecule has 138 valence electrons. The number of anilines is 1. The summed E-state index contributed by atoms with van der Waals surface area (Å²) in [6, 6.07) is 13.4. The first-order valence-corrected chi connectivity index (χ1v) is 8.38. The minimum atomic E-state index is -0.500. The van der Waals surface area contributed by atoms with Crippen LogP contribution in [0, 0.1) is 23.0 Å². The number of amides is 2. The second kappa shape index (κ2) is 7.77. The highest BCUT2D eigenvalue weighted by atomic mass is 16.6.